The Morgan fingerprint density at radius 3 is 3.00 bits per heavy atom. The molecule has 0 bridgehead atoms. The number of nitrogens with zero attached hydrogens (tertiary/aromatic N) is 1. The predicted molar refractivity (Wildman–Crippen MR) is 48.1 cm³/mol. The first-order valence-corrected chi connectivity index (χ1v) is 4.76. The molecule has 2 nitrogen and oxygen atoms in total. The van der Waals surface area contributed by atoms with Crippen molar-refractivity contribution in [1.29, 1.82) is 0 Å². The summed E-state index contributed by atoms with van der Waals surface area (Å²) in [5, 5.41) is 3.84. The van der Waals surface area contributed by atoms with E-state index in [1.165, 1.54) is 37.7 Å². The van der Waals surface area contributed by atoms with Crippen molar-refractivity contribution < 1.29 is 4.84 Å². The maximum Gasteiger partial charge on any atom is 0.135 e. The lowest BCUT2D eigenvalue weighted by Gasteiger charge is -2.06. The zero-order chi connectivity index (χ0) is 8.23. The van der Waals surface area contributed by atoms with Crippen LogP contribution in [0.3, 0.4) is 0 Å². The molecule has 2 rings (SSSR count). The molecule has 2 heteroatoms. The van der Waals surface area contributed by atoms with E-state index in [-0.39, 0.29) is 0 Å². The zero-order valence-corrected chi connectivity index (χ0v) is 7.25. The van der Waals surface area contributed by atoms with Gasteiger partial charge >= 0.3 is 0 Å². The SMILES string of the molecule is [C](=N\OC1CC1)/C1=CCCCC1. The lowest BCUT2D eigenvalue weighted by molar-refractivity contribution is 0.130. The molecular formula is C10H14NO. The van der Waals surface area contributed by atoms with Crippen LogP contribution in [0.2, 0.25) is 0 Å². The summed E-state index contributed by atoms with van der Waals surface area (Å²) in [5.41, 5.74) is 1.22. The second kappa shape index (κ2) is 3.74. The summed E-state index contributed by atoms with van der Waals surface area (Å²) >= 11 is 0. The summed E-state index contributed by atoms with van der Waals surface area (Å²) in [6.07, 6.45) is 12.8. The van der Waals surface area contributed by atoms with E-state index >= 15 is 0 Å². The molecular weight excluding hydrogens is 150 g/mol. The standard InChI is InChI=1S/C10H14NO/c1-2-4-9(5-3-1)8-11-12-10-6-7-10/h4,10H,1-3,5-7H2. The van der Waals surface area contributed by atoms with Gasteiger partial charge < -0.3 is 4.84 Å². The molecule has 0 unspecified atom stereocenters. The van der Waals surface area contributed by atoms with Gasteiger partial charge in [0.15, 0.2) is 0 Å². The first-order valence-electron chi connectivity index (χ1n) is 4.76. The highest BCUT2D eigenvalue weighted by Crippen LogP contribution is 2.23. The monoisotopic (exact) mass is 164 g/mol. The van der Waals surface area contributed by atoms with Crippen molar-refractivity contribution in [2.45, 2.75) is 44.6 Å². The summed E-state index contributed by atoms with van der Waals surface area (Å²) in [6, 6.07) is 0. The summed E-state index contributed by atoms with van der Waals surface area (Å²) in [5.74, 6) is 0. The molecule has 0 amide bonds. The Labute approximate surface area is 73.3 Å². The minimum atomic E-state index is 0.404. The molecule has 2 aliphatic rings. The van der Waals surface area contributed by atoms with E-state index in [1.54, 1.807) is 0 Å². The molecule has 0 aromatic carbocycles. The molecule has 65 valence electrons. The average molecular weight is 164 g/mol. The van der Waals surface area contributed by atoms with Crippen LogP contribution in [0.25, 0.3) is 0 Å². The third kappa shape index (κ3) is 2.36. The topological polar surface area (TPSA) is 21.6 Å². The van der Waals surface area contributed by atoms with E-state index in [0.717, 1.165) is 6.42 Å². The second-order valence-corrected chi connectivity index (χ2v) is 3.48. The van der Waals surface area contributed by atoms with Gasteiger partial charge in [0.05, 0.1) is 0 Å². The highest BCUT2D eigenvalue weighted by Gasteiger charge is 2.23. The van der Waals surface area contributed by atoms with E-state index in [9.17, 15) is 0 Å². The van der Waals surface area contributed by atoms with E-state index < -0.39 is 0 Å². The molecule has 1 radical (unpaired) electrons. The van der Waals surface area contributed by atoms with Crippen molar-refractivity contribution in [2.24, 2.45) is 5.16 Å². The summed E-state index contributed by atoms with van der Waals surface area (Å²) in [7, 11) is 0. The van der Waals surface area contributed by atoms with E-state index in [1.807, 2.05) is 0 Å². The minimum Gasteiger partial charge on any atom is -0.392 e. The molecule has 0 aromatic heterocycles. The fourth-order valence-electron chi connectivity index (χ4n) is 1.27. The fraction of sp³-hybridized carbons (Fsp3) is 0.700. The third-order valence-electron chi connectivity index (χ3n) is 2.21. The van der Waals surface area contributed by atoms with Crippen molar-refractivity contribution in [3.05, 3.63) is 11.6 Å². The Kier molecular flexibility index (Phi) is 2.45. The fourth-order valence-corrected chi connectivity index (χ4v) is 1.27. The van der Waals surface area contributed by atoms with Crippen LogP contribution in [0.15, 0.2) is 16.8 Å². The van der Waals surface area contributed by atoms with Crippen LogP contribution >= 0.6 is 0 Å². The molecule has 12 heavy (non-hydrogen) atoms. The molecule has 1 saturated carbocycles. The first-order chi connectivity index (χ1) is 5.95. The average Bonchev–Trinajstić information content (AvgIpc) is 2.90. The Bertz CT molecular complexity index is 204. The molecule has 0 aromatic rings. The number of hydrogen-bond acceptors (Lipinski definition) is 2. The number of hydrogen-bond donors (Lipinski definition) is 0. The summed E-state index contributed by atoms with van der Waals surface area (Å²) < 4.78 is 0. The van der Waals surface area contributed by atoms with Crippen LogP contribution in [0, 0.1) is 0 Å². The van der Waals surface area contributed by atoms with Crippen LogP contribution in [-0.4, -0.2) is 12.3 Å². The van der Waals surface area contributed by atoms with E-state index in [4.69, 9.17) is 4.84 Å². The Hall–Kier alpha value is -0.790. The van der Waals surface area contributed by atoms with Gasteiger partial charge in [-0.1, -0.05) is 11.2 Å². The molecule has 1 fully saturated rings. The normalized spacial score (nSPS) is 24.2. The molecule has 0 atom stereocenters. The van der Waals surface area contributed by atoms with Crippen LogP contribution in [0.5, 0.6) is 0 Å². The highest BCUT2D eigenvalue weighted by molar-refractivity contribution is 5.78. The van der Waals surface area contributed by atoms with Gasteiger partial charge in [0, 0.05) is 0 Å². The molecule has 0 spiro atoms. The number of allylic oxidation sites excluding steroid dienone is 2. The summed E-state index contributed by atoms with van der Waals surface area (Å²) in [4.78, 5) is 5.13. The van der Waals surface area contributed by atoms with Crippen LogP contribution in [0.4, 0.5) is 0 Å². The molecule has 0 saturated heterocycles. The minimum absolute atomic E-state index is 0.404. The van der Waals surface area contributed by atoms with Gasteiger partial charge in [-0.15, -0.1) is 0 Å². The number of rotatable bonds is 3. The predicted octanol–water partition coefficient (Wildman–Crippen LogP) is 2.53. The highest BCUT2D eigenvalue weighted by atomic mass is 16.6. The zero-order valence-electron chi connectivity index (χ0n) is 7.25. The summed E-state index contributed by atoms with van der Waals surface area (Å²) in [6.45, 7) is 0. The lowest BCUT2D eigenvalue weighted by atomic mass is 10.0. The van der Waals surface area contributed by atoms with Gasteiger partial charge in [-0.3, -0.25) is 0 Å². The van der Waals surface area contributed by atoms with Crippen molar-refractivity contribution >= 4 is 6.21 Å². The van der Waals surface area contributed by atoms with Crippen molar-refractivity contribution in [3.8, 4) is 0 Å². The van der Waals surface area contributed by atoms with Crippen LogP contribution in [0.1, 0.15) is 38.5 Å². The smallest absolute Gasteiger partial charge is 0.135 e. The Morgan fingerprint density at radius 2 is 2.33 bits per heavy atom. The Balaban J connectivity index is 1.75. The molecule has 2 aliphatic carbocycles. The van der Waals surface area contributed by atoms with Crippen molar-refractivity contribution in [3.63, 3.8) is 0 Å². The second-order valence-electron chi connectivity index (χ2n) is 3.48. The molecule has 0 N–H and O–H groups in total. The first kappa shape index (κ1) is 7.84. The van der Waals surface area contributed by atoms with Crippen LogP contribution in [-0.2, 0) is 4.84 Å². The Morgan fingerprint density at radius 1 is 1.42 bits per heavy atom. The maximum atomic E-state index is 5.13. The van der Waals surface area contributed by atoms with Crippen molar-refractivity contribution in [2.75, 3.05) is 0 Å². The molecule has 0 aliphatic heterocycles. The lowest BCUT2D eigenvalue weighted by Crippen LogP contribution is -1.94. The van der Waals surface area contributed by atoms with E-state index in [0.29, 0.717) is 6.10 Å². The van der Waals surface area contributed by atoms with Gasteiger partial charge in [-0.2, -0.15) is 0 Å². The largest absolute Gasteiger partial charge is 0.392 e. The van der Waals surface area contributed by atoms with Gasteiger partial charge in [-0.25, -0.2) is 0 Å². The quantitative estimate of drug-likeness (QED) is 0.464. The maximum absolute atomic E-state index is 5.13. The van der Waals surface area contributed by atoms with Gasteiger partial charge in [0.25, 0.3) is 0 Å². The van der Waals surface area contributed by atoms with Gasteiger partial charge in [0.2, 0.25) is 0 Å². The van der Waals surface area contributed by atoms with Gasteiger partial charge in [-0.05, 0) is 44.1 Å². The van der Waals surface area contributed by atoms with Crippen molar-refractivity contribution in [1.82, 2.24) is 0 Å². The van der Waals surface area contributed by atoms with Gasteiger partial charge in [0.1, 0.15) is 12.3 Å². The molecule has 0 heterocycles. The van der Waals surface area contributed by atoms with Crippen LogP contribution < -0.4 is 0 Å². The van der Waals surface area contributed by atoms with E-state index in [2.05, 4.69) is 17.4 Å². The third-order valence-corrected chi connectivity index (χ3v) is 2.21.